The highest BCUT2D eigenvalue weighted by Gasteiger charge is 2.08. The van der Waals surface area contributed by atoms with Gasteiger partial charge in [-0.15, -0.1) is 0 Å². The maximum atomic E-state index is 10.4. The van der Waals surface area contributed by atoms with E-state index in [9.17, 15) is 10.1 Å². The monoisotopic (exact) mass is 226 g/mol. The van der Waals surface area contributed by atoms with Gasteiger partial charge in [-0.3, -0.25) is 10.1 Å². The Labute approximate surface area is 94.2 Å². The van der Waals surface area contributed by atoms with Gasteiger partial charge in [0.05, 0.1) is 26.1 Å². The van der Waals surface area contributed by atoms with Crippen molar-refractivity contribution in [2.75, 3.05) is 34.3 Å². The summed E-state index contributed by atoms with van der Waals surface area (Å²) in [6.45, 7) is 1.38. The highest BCUT2D eigenvalue weighted by molar-refractivity contribution is 5.28. The first-order valence-corrected chi connectivity index (χ1v) is 4.92. The first-order chi connectivity index (χ1) is 7.38. The molecule has 0 fully saturated rings. The van der Waals surface area contributed by atoms with Gasteiger partial charge in [0.15, 0.2) is 0 Å². The number of ether oxygens (including phenoxy) is 1. The van der Waals surface area contributed by atoms with Crippen LogP contribution in [0, 0.1) is 10.1 Å². The Kier molecular flexibility index (Phi) is 3.78. The fourth-order valence-electron chi connectivity index (χ4n) is 0.990. The molecular formula is C10H16N3O3+. The Morgan fingerprint density at radius 2 is 2.12 bits per heavy atom. The lowest BCUT2D eigenvalue weighted by molar-refractivity contribution is -0.870. The molecule has 0 spiro atoms. The molecule has 0 N–H and O–H groups in total. The molecule has 88 valence electrons. The predicted molar refractivity (Wildman–Crippen MR) is 59.3 cm³/mol. The number of hydrogen-bond acceptors (Lipinski definition) is 4. The van der Waals surface area contributed by atoms with Crippen LogP contribution < -0.4 is 4.74 Å². The zero-order valence-corrected chi connectivity index (χ0v) is 9.71. The van der Waals surface area contributed by atoms with Crippen LogP contribution in [0.4, 0.5) is 5.69 Å². The van der Waals surface area contributed by atoms with Gasteiger partial charge in [-0.1, -0.05) is 0 Å². The number of hydrogen-bond donors (Lipinski definition) is 0. The molecule has 1 aromatic heterocycles. The fourth-order valence-corrected chi connectivity index (χ4v) is 0.990. The van der Waals surface area contributed by atoms with Crippen LogP contribution in [-0.4, -0.2) is 48.7 Å². The molecule has 0 aliphatic carbocycles. The molecule has 0 saturated carbocycles. The first kappa shape index (κ1) is 12.4. The third-order valence-corrected chi connectivity index (χ3v) is 1.94. The van der Waals surface area contributed by atoms with Gasteiger partial charge in [-0.05, 0) is 0 Å². The van der Waals surface area contributed by atoms with Crippen molar-refractivity contribution in [3.8, 4) is 5.88 Å². The van der Waals surface area contributed by atoms with Crippen molar-refractivity contribution in [1.29, 1.82) is 0 Å². The lowest BCUT2D eigenvalue weighted by atomic mass is 10.4. The summed E-state index contributed by atoms with van der Waals surface area (Å²) in [5.41, 5.74) is -0.0287. The smallest absolute Gasteiger partial charge is 0.287 e. The largest absolute Gasteiger partial charge is 0.472 e. The van der Waals surface area contributed by atoms with Crippen LogP contribution in [0.25, 0.3) is 0 Å². The van der Waals surface area contributed by atoms with Gasteiger partial charge in [0, 0.05) is 12.1 Å². The second-order valence-electron chi connectivity index (χ2n) is 4.47. The van der Waals surface area contributed by atoms with Crippen LogP contribution >= 0.6 is 0 Å². The molecule has 0 amide bonds. The summed E-state index contributed by atoms with van der Waals surface area (Å²) in [6.07, 6.45) is 1.20. The van der Waals surface area contributed by atoms with Crippen molar-refractivity contribution < 1.29 is 14.1 Å². The van der Waals surface area contributed by atoms with Crippen LogP contribution in [0.1, 0.15) is 0 Å². The van der Waals surface area contributed by atoms with Gasteiger partial charge >= 0.3 is 0 Å². The molecule has 0 aromatic carbocycles. The molecule has 0 atom stereocenters. The van der Waals surface area contributed by atoms with E-state index in [1.807, 2.05) is 0 Å². The summed E-state index contributed by atoms with van der Waals surface area (Å²) in [4.78, 5) is 13.7. The Morgan fingerprint density at radius 3 is 2.56 bits per heavy atom. The standard InChI is InChI=1S/C10H16N3O3/c1-13(2,3)6-7-16-10-5-4-9(8-11-10)12(14)15/h4-5,8H,6-7H2,1-3H3/q+1. The van der Waals surface area contributed by atoms with Gasteiger partial charge in [-0.25, -0.2) is 4.98 Å². The van der Waals surface area contributed by atoms with E-state index in [1.165, 1.54) is 18.3 Å². The van der Waals surface area contributed by atoms with Crippen LogP contribution in [0.5, 0.6) is 5.88 Å². The minimum Gasteiger partial charge on any atom is -0.472 e. The number of nitro groups is 1. The van der Waals surface area contributed by atoms with Crippen molar-refractivity contribution in [3.05, 3.63) is 28.4 Å². The fraction of sp³-hybridized carbons (Fsp3) is 0.500. The van der Waals surface area contributed by atoms with E-state index in [1.54, 1.807) is 0 Å². The molecule has 16 heavy (non-hydrogen) atoms. The highest BCUT2D eigenvalue weighted by atomic mass is 16.6. The van der Waals surface area contributed by atoms with Gasteiger partial charge in [0.2, 0.25) is 5.88 Å². The average Bonchev–Trinajstić information content (AvgIpc) is 2.16. The van der Waals surface area contributed by atoms with Crippen molar-refractivity contribution in [1.82, 2.24) is 4.98 Å². The van der Waals surface area contributed by atoms with E-state index in [2.05, 4.69) is 26.1 Å². The topological polar surface area (TPSA) is 65.3 Å². The zero-order valence-electron chi connectivity index (χ0n) is 9.71. The van der Waals surface area contributed by atoms with Crippen LogP contribution in [-0.2, 0) is 0 Å². The molecule has 0 aliphatic heterocycles. The number of pyridine rings is 1. The maximum absolute atomic E-state index is 10.4. The number of rotatable bonds is 5. The molecule has 0 saturated heterocycles. The SMILES string of the molecule is C[N+](C)(C)CCOc1ccc([N+](=O)[O-])cn1. The number of aromatic nitrogens is 1. The summed E-state index contributed by atoms with van der Waals surface area (Å²) in [5, 5.41) is 10.4. The predicted octanol–water partition coefficient (Wildman–Crippen LogP) is 1.07. The molecule has 0 unspecified atom stereocenters. The lowest BCUT2D eigenvalue weighted by Gasteiger charge is -2.23. The zero-order chi connectivity index (χ0) is 12.2. The molecule has 1 aromatic rings. The summed E-state index contributed by atoms with van der Waals surface area (Å²) in [5.74, 6) is 0.416. The van der Waals surface area contributed by atoms with E-state index < -0.39 is 4.92 Å². The van der Waals surface area contributed by atoms with Crippen LogP contribution in [0.15, 0.2) is 18.3 Å². The number of nitrogens with zero attached hydrogens (tertiary/aromatic N) is 3. The van der Waals surface area contributed by atoms with Crippen molar-refractivity contribution in [2.24, 2.45) is 0 Å². The summed E-state index contributed by atoms with van der Waals surface area (Å²) in [7, 11) is 6.19. The minimum atomic E-state index is -0.483. The second-order valence-corrected chi connectivity index (χ2v) is 4.47. The third-order valence-electron chi connectivity index (χ3n) is 1.94. The first-order valence-electron chi connectivity index (χ1n) is 4.92. The van der Waals surface area contributed by atoms with Crippen molar-refractivity contribution in [3.63, 3.8) is 0 Å². The Morgan fingerprint density at radius 1 is 1.44 bits per heavy atom. The van der Waals surface area contributed by atoms with E-state index in [4.69, 9.17) is 4.74 Å². The molecule has 1 heterocycles. The van der Waals surface area contributed by atoms with E-state index in [0.29, 0.717) is 12.5 Å². The molecule has 6 nitrogen and oxygen atoms in total. The van der Waals surface area contributed by atoms with Crippen LogP contribution in [0.2, 0.25) is 0 Å². The van der Waals surface area contributed by atoms with Gasteiger partial charge in [0.1, 0.15) is 19.3 Å². The molecular weight excluding hydrogens is 210 g/mol. The number of quaternary nitrogens is 1. The van der Waals surface area contributed by atoms with Crippen LogP contribution in [0.3, 0.4) is 0 Å². The quantitative estimate of drug-likeness (QED) is 0.428. The third kappa shape index (κ3) is 4.22. The van der Waals surface area contributed by atoms with E-state index in [-0.39, 0.29) is 5.69 Å². The summed E-state index contributed by atoms with van der Waals surface area (Å²) >= 11 is 0. The molecule has 0 radical (unpaired) electrons. The Bertz CT molecular complexity index is 357. The molecule has 6 heteroatoms. The maximum Gasteiger partial charge on any atom is 0.287 e. The van der Waals surface area contributed by atoms with E-state index >= 15 is 0 Å². The lowest BCUT2D eigenvalue weighted by Crippen LogP contribution is -2.38. The van der Waals surface area contributed by atoms with Crippen molar-refractivity contribution in [2.45, 2.75) is 0 Å². The average molecular weight is 226 g/mol. The van der Waals surface area contributed by atoms with Gasteiger partial charge in [0.25, 0.3) is 5.69 Å². The molecule has 0 bridgehead atoms. The van der Waals surface area contributed by atoms with Gasteiger partial charge in [-0.2, -0.15) is 0 Å². The Balaban J connectivity index is 2.47. The second kappa shape index (κ2) is 4.89. The molecule has 1 rings (SSSR count). The van der Waals surface area contributed by atoms with E-state index in [0.717, 1.165) is 11.0 Å². The summed E-state index contributed by atoms with van der Waals surface area (Å²) in [6, 6.07) is 2.89. The normalized spacial score (nSPS) is 11.2. The molecule has 0 aliphatic rings. The number of likely N-dealkylation sites (N-methyl/N-ethyl adjacent to an activating group) is 1. The highest BCUT2D eigenvalue weighted by Crippen LogP contribution is 2.13. The van der Waals surface area contributed by atoms with Gasteiger partial charge < -0.3 is 9.22 Å². The van der Waals surface area contributed by atoms with Crippen molar-refractivity contribution >= 4 is 5.69 Å². The summed E-state index contributed by atoms with van der Waals surface area (Å²) < 4.78 is 6.17. The minimum absolute atomic E-state index is 0.0287. The Hall–Kier alpha value is -1.69.